The number of benzene rings is 1. The molecule has 3 rings (SSSR count). The van der Waals surface area contributed by atoms with Gasteiger partial charge in [0.05, 0.1) is 12.7 Å². The third kappa shape index (κ3) is 5.69. The van der Waals surface area contributed by atoms with E-state index in [4.69, 9.17) is 9.47 Å². The van der Waals surface area contributed by atoms with E-state index in [1.54, 1.807) is 0 Å². The topological polar surface area (TPSA) is 72.9 Å². The summed E-state index contributed by atoms with van der Waals surface area (Å²) in [5.41, 5.74) is 1.19. The highest BCUT2D eigenvalue weighted by Crippen LogP contribution is 2.29. The highest BCUT2D eigenvalue weighted by molar-refractivity contribution is 5.40. The first kappa shape index (κ1) is 20.6. The molecule has 6 nitrogen and oxygen atoms in total. The van der Waals surface area contributed by atoms with Crippen LogP contribution in [-0.2, 0) is 11.8 Å². The van der Waals surface area contributed by atoms with Gasteiger partial charge in [-0.15, -0.1) is 10.2 Å². The van der Waals surface area contributed by atoms with Crippen molar-refractivity contribution in [2.24, 2.45) is 0 Å². The number of hydrogen-bond acceptors (Lipinski definition) is 5. The zero-order valence-electron chi connectivity index (χ0n) is 17.5. The van der Waals surface area contributed by atoms with Gasteiger partial charge < -0.3 is 9.47 Å². The van der Waals surface area contributed by atoms with E-state index in [9.17, 15) is 0 Å². The summed E-state index contributed by atoms with van der Waals surface area (Å²) in [4.78, 5) is 0. The first-order chi connectivity index (χ1) is 13.6. The number of nitrogens with zero attached hydrogens (tertiary/aromatic N) is 3. The first-order valence-corrected chi connectivity index (χ1v) is 10.7. The number of unbranched alkanes of at least 4 members (excludes halogenated alkanes) is 2. The van der Waals surface area contributed by atoms with Gasteiger partial charge in [-0.2, -0.15) is 5.21 Å². The van der Waals surface area contributed by atoms with Crippen molar-refractivity contribution in [3.8, 4) is 11.5 Å². The summed E-state index contributed by atoms with van der Waals surface area (Å²) in [6, 6.07) is 6.28. The Balaban J connectivity index is 1.39. The molecule has 0 amide bonds. The summed E-state index contributed by atoms with van der Waals surface area (Å²) in [6.07, 6.45) is 10.6. The van der Waals surface area contributed by atoms with E-state index < -0.39 is 0 Å². The number of hydrogen-bond donors (Lipinski definition) is 1. The maximum absolute atomic E-state index is 6.12. The van der Waals surface area contributed by atoms with Crippen molar-refractivity contribution in [1.29, 1.82) is 0 Å². The third-order valence-electron chi connectivity index (χ3n) is 5.67. The summed E-state index contributed by atoms with van der Waals surface area (Å²) >= 11 is 0. The van der Waals surface area contributed by atoms with Crippen molar-refractivity contribution in [2.45, 2.75) is 90.1 Å². The van der Waals surface area contributed by atoms with Crippen LogP contribution in [0.25, 0.3) is 0 Å². The van der Waals surface area contributed by atoms with Crippen molar-refractivity contribution in [1.82, 2.24) is 20.6 Å². The molecule has 1 aliphatic rings. The van der Waals surface area contributed by atoms with Crippen LogP contribution < -0.4 is 9.47 Å². The number of H-pyrrole nitrogens is 1. The highest BCUT2D eigenvalue weighted by atomic mass is 16.5. The maximum atomic E-state index is 6.12. The molecule has 1 fully saturated rings. The number of nitrogens with one attached hydrogen (secondary N) is 1. The fourth-order valence-corrected chi connectivity index (χ4v) is 3.83. The van der Waals surface area contributed by atoms with Gasteiger partial charge in [-0.25, -0.2) is 0 Å². The molecule has 0 radical (unpaired) electrons. The Labute approximate surface area is 168 Å². The van der Waals surface area contributed by atoms with E-state index in [1.165, 1.54) is 31.2 Å². The Kier molecular flexibility index (Phi) is 7.29. The molecule has 0 unspecified atom stereocenters. The quantitative estimate of drug-likeness (QED) is 0.550. The molecular weight excluding hydrogens is 352 g/mol. The molecule has 154 valence electrons. The maximum Gasteiger partial charge on any atom is 0.180 e. The fraction of sp³-hybridized carbons (Fsp3) is 0.682. The van der Waals surface area contributed by atoms with Gasteiger partial charge in [0.1, 0.15) is 11.5 Å². The van der Waals surface area contributed by atoms with Crippen molar-refractivity contribution in [2.75, 3.05) is 6.61 Å². The third-order valence-corrected chi connectivity index (χ3v) is 5.67. The normalized spacial score (nSPS) is 15.1. The van der Waals surface area contributed by atoms with E-state index in [1.807, 2.05) is 0 Å². The minimum absolute atomic E-state index is 0.0433. The molecule has 0 aliphatic heterocycles. The number of rotatable bonds is 11. The van der Waals surface area contributed by atoms with Crippen molar-refractivity contribution < 1.29 is 9.47 Å². The lowest BCUT2D eigenvalue weighted by Crippen LogP contribution is -2.19. The predicted octanol–water partition coefficient (Wildman–Crippen LogP) is 5.00. The van der Waals surface area contributed by atoms with Crippen LogP contribution in [0.3, 0.4) is 0 Å². The van der Waals surface area contributed by atoms with Crippen LogP contribution >= 0.6 is 0 Å². The Morgan fingerprint density at radius 1 is 1.14 bits per heavy atom. The molecule has 1 aromatic heterocycles. The van der Waals surface area contributed by atoms with Gasteiger partial charge in [0.2, 0.25) is 0 Å². The standard InChI is InChI=1S/C22H34N4O2/c1-4-17-16-19(28-18-10-6-7-11-18)12-13-20(17)27-15-9-5-8-14-22(2,3)21-23-25-26-24-21/h12-13,16,18H,4-11,14-15H2,1-3H3,(H,23,24,25,26). The summed E-state index contributed by atoms with van der Waals surface area (Å²) in [6.45, 7) is 7.24. The molecule has 28 heavy (non-hydrogen) atoms. The van der Waals surface area contributed by atoms with Gasteiger partial charge >= 0.3 is 0 Å². The molecule has 2 aromatic rings. The molecule has 1 aromatic carbocycles. The van der Waals surface area contributed by atoms with Gasteiger partial charge in [-0.05, 0) is 68.7 Å². The second kappa shape index (κ2) is 9.89. The summed E-state index contributed by atoms with van der Waals surface area (Å²) in [5, 5.41) is 14.4. The molecule has 0 atom stereocenters. The molecule has 1 N–H and O–H groups in total. The van der Waals surface area contributed by atoms with Crippen LogP contribution in [0.15, 0.2) is 18.2 Å². The molecule has 0 spiro atoms. The van der Waals surface area contributed by atoms with E-state index in [-0.39, 0.29) is 5.41 Å². The molecule has 1 aliphatic carbocycles. The predicted molar refractivity (Wildman–Crippen MR) is 110 cm³/mol. The molecule has 6 heteroatoms. The van der Waals surface area contributed by atoms with Crippen LogP contribution in [0.5, 0.6) is 11.5 Å². The van der Waals surface area contributed by atoms with Crippen LogP contribution in [0.1, 0.15) is 83.5 Å². The summed E-state index contributed by atoms with van der Waals surface area (Å²) < 4.78 is 12.2. The van der Waals surface area contributed by atoms with Crippen molar-refractivity contribution in [3.05, 3.63) is 29.6 Å². The number of aromatic amines is 1. The molecular formula is C22H34N4O2. The van der Waals surface area contributed by atoms with Gasteiger partial charge in [-0.3, -0.25) is 0 Å². The van der Waals surface area contributed by atoms with Crippen LogP contribution in [-0.4, -0.2) is 33.3 Å². The second-order valence-electron chi connectivity index (χ2n) is 8.43. The van der Waals surface area contributed by atoms with Gasteiger partial charge in [0.15, 0.2) is 5.82 Å². The number of ether oxygens (including phenoxy) is 2. The molecule has 1 saturated carbocycles. The Bertz CT molecular complexity index is 709. The Hall–Kier alpha value is -2.11. The SMILES string of the molecule is CCc1cc(OC2CCCC2)ccc1OCCCCCC(C)(C)c1nn[nH]n1. The van der Waals surface area contributed by atoms with E-state index >= 15 is 0 Å². The lowest BCUT2D eigenvalue weighted by molar-refractivity contribution is 0.209. The zero-order chi connectivity index (χ0) is 19.8. The van der Waals surface area contributed by atoms with Crippen LogP contribution in [0.2, 0.25) is 0 Å². The molecule has 1 heterocycles. The van der Waals surface area contributed by atoms with Gasteiger partial charge in [-0.1, -0.05) is 38.8 Å². The highest BCUT2D eigenvalue weighted by Gasteiger charge is 2.24. The number of aryl methyl sites for hydroxylation is 1. The van der Waals surface area contributed by atoms with Crippen LogP contribution in [0, 0.1) is 0 Å². The Morgan fingerprint density at radius 3 is 2.68 bits per heavy atom. The average Bonchev–Trinajstić information content (AvgIpc) is 3.39. The fourth-order valence-electron chi connectivity index (χ4n) is 3.83. The minimum atomic E-state index is -0.0433. The minimum Gasteiger partial charge on any atom is -0.493 e. The zero-order valence-corrected chi connectivity index (χ0v) is 17.5. The smallest absolute Gasteiger partial charge is 0.180 e. The monoisotopic (exact) mass is 386 g/mol. The molecule has 0 bridgehead atoms. The van der Waals surface area contributed by atoms with Crippen molar-refractivity contribution in [3.63, 3.8) is 0 Å². The van der Waals surface area contributed by atoms with Gasteiger partial charge in [0, 0.05) is 5.41 Å². The van der Waals surface area contributed by atoms with Crippen molar-refractivity contribution >= 4 is 0 Å². The second-order valence-corrected chi connectivity index (χ2v) is 8.43. The average molecular weight is 387 g/mol. The lowest BCUT2D eigenvalue weighted by atomic mass is 9.86. The van der Waals surface area contributed by atoms with E-state index in [2.05, 4.69) is 59.6 Å². The number of aromatic nitrogens is 4. The Morgan fingerprint density at radius 2 is 1.96 bits per heavy atom. The van der Waals surface area contributed by atoms with Gasteiger partial charge in [0.25, 0.3) is 0 Å². The van der Waals surface area contributed by atoms with E-state index in [0.29, 0.717) is 6.10 Å². The first-order valence-electron chi connectivity index (χ1n) is 10.7. The van der Waals surface area contributed by atoms with Crippen LogP contribution in [0.4, 0.5) is 0 Å². The largest absolute Gasteiger partial charge is 0.493 e. The number of tetrazole rings is 1. The molecule has 0 saturated heterocycles. The summed E-state index contributed by atoms with van der Waals surface area (Å²) in [7, 11) is 0. The lowest BCUT2D eigenvalue weighted by Gasteiger charge is -2.20. The van der Waals surface area contributed by atoms with E-state index in [0.717, 1.165) is 56.0 Å². The summed E-state index contributed by atoms with van der Waals surface area (Å²) in [5.74, 6) is 2.77.